The van der Waals surface area contributed by atoms with E-state index in [2.05, 4.69) is 46.2 Å². The number of carbonyl (C=O) groups is 2. The summed E-state index contributed by atoms with van der Waals surface area (Å²) < 4.78 is 0. The number of aromatic nitrogens is 1. The van der Waals surface area contributed by atoms with E-state index in [1.54, 1.807) is 24.5 Å². The molecule has 2 amide bonds. The molecule has 6 rings (SSSR count). The minimum absolute atomic E-state index is 0. The normalized spacial score (nSPS) is 31.6. The van der Waals surface area contributed by atoms with Gasteiger partial charge in [0.1, 0.15) is 0 Å². The zero-order chi connectivity index (χ0) is 19.2. The molecule has 2 unspecified atom stereocenters. The van der Waals surface area contributed by atoms with Crippen molar-refractivity contribution in [2.24, 2.45) is 17.3 Å². The quantitative estimate of drug-likeness (QED) is 0.754. The van der Waals surface area contributed by atoms with E-state index in [1.165, 1.54) is 24.8 Å². The lowest BCUT2D eigenvalue weighted by atomic mass is 9.42. The van der Waals surface area contributed by atoms with Crippen LogP contribution in [0.1, 0.15) is 54.4 Å². The van der Waals surface area contributed by atoms with Gasteiger partial charge in [0.2, 0.25) is 5.91 Å². The minimum atomic E-state index is -0.370. The Bertz CT molecular complexity index is 889. The number of hydrazine groups is 1. The molecule has 4 aliphatic rings. The maximum absolute atomic E-state index is 13.3. The monoisotopic (exact) mass is 411 g/mol. The molecule has 4 aliphatic carbocycles. The Balaban J connectivity index is 0.00000205. The molecule has 1 aromatic heterocycles. The molecule has 6 heteroatoms. The Morgan fingerprint density at radius 1 is 0.897 bits per heavy atom. The highest BCUT2D eigenvalue weighted by Crippen LogP contribution is 2.65. The summed E-state index contributed by atoms with van der Waals surface area (Å²) in [6.45, 7) is 0. The highest BCUT2D eigenvalue weighted by atomic mass is 35.5. The van der Waals surface area contributed by atoms with Gasteiger partial charge in [-0.05, 0) is 73.5 Å². The molecule has 29 heavy (non-hydrogen) atoms. The van der Waals surface area contributed by atoms with Crippen LogP contribution in [0.2, 0.25) is 0 Å². The van der Waals surface area contributed by atoms with Crippen LogP contribution in [-0.4, -0.2) is 16.8 Å². The third kappa shape index (κ3) is 3.42. The third-order valence-electron chi connectivity index (χ3n) is 7.16. The fourth-order valence-electron chi connectivity index (χ4n) is 6.48. The predicted molar refractivity (Wildman–Crippen MR) is 112 cm³/mol. The fraction of sp³-hybridized carbons (Fsp3) is 0.435. The van der Waals surface area contributed by atoms with Crippen LogP contribution in [0.5, 0.6) is 0 Å². The molecule has 2 N–H and O–H groups in total. The van der Waals surface area contributed by atoms with Crippen molar-refractivity contribution in [2.45, 2.75) is 43.9 Å². The fourth-order valence-corrected chi connectivity index (χ4v) is 6.48. The van der Waals surface area contributed by atoms with Crippen molar-refractivity contribution in [3.05, 3.63) is 66.0 Å². The molecular weight excluding hydrogens is 386 g/mol. The summed E-state index contributed by atoms with van der Waals surface area (Å²) >= 11 is 0. The van der Waals surface area contributed by atoms with E-state index in [4.69, 9.17) is 0 Å². The molecular formula is C23H26ClN3O2. The second-order valence-corrected chi connectivity index (χ2v) is 9.03. The number of rotatable bonds is 3. The zero-order valence-corrected chi connectivity index (χ0v) is 17.1. The summed E-state index contributed by atoms with van der Waals surface area (Å²) in [5.74, 6) is 0.869. The summed E-state index contributed by atoms with van der Waals surface area (Å²) in [4.78, 5) is 29.5. The number of hydrogen-bond donors (Lipinski definition) is 2. The molecule has 4 bridgehead atoms. The summed E-state index contributed by atoms with van der Waals surface area (Å²) in [6.07, 6.45) is 9.52. The summed E-state index contributed by atoms with van der Waals surface area (Å²) in [5, 5.41) is 0. The van der Waals surface area contributed by atoms with E-state index in [0.29, 0.717) is 17.4 Å². The average Bonchev–Trinajstić information content (AvgIpc) is 2.72. The van der Waals surface area contributed by atoms with Crippen LogP contribution in [-0.2, 0) is 10.2 Å². The number of pyridine rings is 1. The van der Waals surface area contributed by atoms with Crippen molar-refractivity contribution < 1.29 is 9.59 Å². The van der Waals surface area contributed by atoms with Gasteiger partial charge in [-0.15, -0.1) is 12.4 Å². The average molecular weight is 412 g/mol. The van der Waals surface area contributed by atoms with Gasteiger partial charge in [0.15, 0.2) is 0 Å². The van der Waals surface area contributed by atoms with Crippen LogP contribution < -0.4 is 10.9 Å². The zero-order valence-electron chi connectivity index (χ0n) is 16.3. The Kier molecular flexibility index (Phi) is 5.11. The molecule has 1 heterocycles. The van der Waals surface area contributed by atoms with Gasteiger partial charge in [-0.3, -0.25) is 25.4 Å². The number of carbonyl (C=O) groups excluding carboxylic acids is 2. The predicted octanol–water partition coefficient (Wildman–Crippen LogP) is 3.80. The molecule has 1 aromatic carbocycles. The third-order valence-corrected chi connectivity index (χ3v) is 7.16. The van der Waals surface area contributed by atoms with Crippen molar-refractivity contribution in [3.63, 3.8) is 0 Å². The first-order valence-corrected chi connectivity index (χ1v) is 10.2. The van der Waals surface area contributed by atoms with E-state index in [0.717, 1.165) is 19.3 Å². The number of nitrogens with one attached hydrogen (secondary N) is 2. The van der Waals surface area contributed by atoms with Gasteiger partial charge in [0, 0.05) is 18.0 Å². The molecule has 0 aliphatic heterocycles. The van der Waals surface area contributed by atoms with Crippen molar-refractivity contribution in [1.29, 1.82) is 0 Å². The molecule has 0 radical (unpaired) electrons. The van der Waals surface area contributed by atoms with Crippen LogP contribution >= 0.6 is 12.4 Å². The topological polar surface area (TPSA) is 71.1 Å². The number of benzene rings is 1. The maximum Gasteiger partial charge on any atom is 0.269 e. The van der Waals surface area contributed by atoms with E-state index in [1.807, 2.05) is 0 Å². The second kappa shape index (κ2) is 7.45. The Labute approximate surface area is 177 Å². The van der Waals surface area contributed by atoms with Crippen molar-refractivity contribution in [3.8, 4) is 0 Å². The molecule has 2 aromatic rings. The van der Waals surface area contributed by atoms with Crippen LogP contribution in [0.3, 0.4) is 0 Å². The largest absolute Gasteiger partial charge is 0.273 e. The number of hydrogen-bond acceptors (Lipinski definition) is 3. The van der Waals surface area contributed by atoms with Crippen LogP contribution in [0.15, 0.2) is 54.9 Å². The smallest absolute Gasteiger partial charge is 0.269 e. The molecule has 5 nitrogen and oxygen atoms in total. The highest BCUT2D eigenvalue weighted by Gasteiger charge is 2.60. The first kappa shape index (κ1) is 19.9. The van der Waals surface area contributed by atoms with E-state index in [-0.39, 0.29) is 35.1 Å². The van der Waals surface area contributed by atoms with Crippen LogP contribution in [0.4, 0.5) is 0 Å². The number of halogens is 1. The molecule has 2 atom stereocenters. The van der Waals surface area contributed by atoms with Crippen molar-refractivity contribution in [1.82, 2.24) is 15.8 Å². The first-order chi connectivity index (χ1) is 13.6. The van der Waals surface area contributed by atoms with E-state index >= 15 is 0 Å². The summed E-state index contributed by atoms with van der Waals surface area (Å²) in [5.41, 5.74) is 6.96. The maximum atomic E-state index is 13.3. The Morgan fingerprint density at radius 3 is 2.21 bits per heavy atom. The lowest BCUT2D eigenvalue weighted by Crippen LogP contribution is -2.60. The van der Waals surface area contributed by atoms with Gasteiger partial charge in [0.25, 0.3) is 5.91 Å². The molecule has 152 valence electrons. The SMILES string of the molecule is Cl.O=C(NNC(=O)C12CC3CC(C1)CC(c1ccccc1)(C3)C2)c1ccncc1. The van der Waals surface area contributed by atoms with E-state index in [9.17, 15) is 9.59 Å². The van der Waals surface area contributed by atoms with Gasteiger partial charge >= 0.3 is 0 Å². The van der Waals surface area contributed by atoms with Gasteiger partial charge in [-0.1, -0.05) is 30.3 Å². The number of nitrogens with zero attached hydrogens (tertiary/aromatic N) is 1. The van der Waals surface area contributed by atoms with Gasteiger partial charge in [0.05, 0.1) is 5.41 Å². The lowest BCUT2D eigenvalue weighted by molar-refractivity contribution is -0.149. The van der Waals surface area contributed by atoms with Gasteiger partial charge in [-0.25, -0.2) is 0 Å². The lowest BCUT2D eigenvalue weighted by Gasteiger charge is -2.61. The summed E-state index contributed by atoms with van der Waals surface area (Å²) in [7, 11) is 0. The minimum Gasteiger partial charge on any atom is -0.273 e. The van der Waals surface area contributed by atoms with Crippen LogP contribution in [0, 0.1) is 17.3 Å². The Morgan fingerprint density at radius 2 is 1.55 bits per heavy atom. The van der Waals surface area contributed by atoms with E-state index < -0.39 is 0 Å². The molecule has 0 saturated heterocycles. The number of amides is 2. The second-order valence-electron chi connectivity index (χ2n) is 9.03. The van der Waals surface area contributed by atoms with Crippen molar-refractivity contribution in [2.75, 3.05) is 0 Å². The van der Waals surface area contributed by atoms with Gasteiger partial charge in [-0.2, -0.15) is 0 Å². The van der Waals surface area contributed by atoms with Crippen LogP contribution in [0.25, 0.3) is 0 Å². The van der Waals surface area contributed by atoms with Crippen molar-refractivity contribution >= 4 is 24.2 Å². The standard InChI is InChI=1S/C23H25N3O2.ClH/c27-20(18-6-8-24-9-7-18)25-26-21(28)23-13-16-10-17(14-23)12-22(11-16,15-23)19-4-2-1-3-5-19;/h1-9,16-17H,10-15H2,(H,25,27)(H,26,28);1H. The summed E-state index contributed by atoms with van der Waals surface area (Å²) in [6, 6.07) is 14.0. The molecule has 0 spiro atoms. The molecule has 4 fully saturated rings. The molecule has 4 saturated carbocycles. The van der Waals surface area contributed by atoms with Gasteiger partial charge < -0.3 is 0 Å². The first-order valence-electron chi connectivity index (χ1n) is 10.2. The Hall–Kier alpha value is -2.40. The highest BCUT2D eigenvalue weighted by molar-refractivity contribution is 5.95.